The number of halogens is 1. The molecule has 0 N–H and O–H groups in total. The zero-order chi connectivity index (χ0) is 12.8. The van der Waals surface area contributed by atoms with Crippen molar-refractivity contribution < 1.29 is 0 Å². The van der Waals surface area contributed by atoms with Gasteiger partial charge in [-0.3, -0.25) is 0 Å². The molecule has 0 amide bonds. The predicted molar refractivity (Wildman–Crippen MR) is 86.7 cm³/mol. The van der Waals surface area contributed by atoms with E-state index in [1.807, 2.05) is 0 Å². The first-order valence-electron chi connectivity index (χ1n) is 6.33. The Kier molecular flexibility index (Phi) is 2.36. The SMILES string of the molecule is Brc1cccc2c1ccc1ccc3ccccc3c12. The molecule has 0 bridgehead atoms. The van der Waals surface area contributed by atoms with Crippen LogP contribution in [0.3, 0.4) is 0 Å². The molecule has 0 nitrogen and oxygen atoms in total. The van der Waals surface area contributed by atoms with Gasteiger partial charge in [-0.2, -0.15) is 0 Å². The summed E-state index contributed by atoms with van der Waals surface area (Å²) in [4.78, 5) is 0. The van der Waals surface area contributed by atoms with E-state index in [-0.39, 0.29) is 0 Å². The molecule has 0 aliphatic heterocycles. The predicted octanol–water partition coefficient (Wildman–Crippen LogP) is 5.91. The van der Waals surface area contributed by atoms with Gasteiger partial charge in [0.05, 0.1) is 0 Å². The maximum absolute atomic E-state index is 3.65. The lowest BCUT2D eigenvalue weighted by Gasteiger charge is -2.08. The maximum Gasteiger partial charge on any atom is 0.0253 e. The number of benzene rings is 4. The molecule has 0 saturated heterocycles. The molecule has 4 aromatic carbocycles. The van der Waals surface area contributed by atoms with Crippen LogP contribution in [0.5, 0.6) is 0 Å². The minimum absolute atomic E-state index is 1.15. The lowest BCUT2D eigenvalue weighted by atomic mass is 9.97. The quantitative estimate of drug-likeness (QED) is 0.354. The van der Waals surface area contributed by atoms with Gasteiger partial charge in [-0.15, -0.1) is 0 Å². The van der Waals surface area contributed by atoms with Crippen molar-refractivity contribution in [3.05, 3.63) is 71.2 Å². The highest BCUT2D eigenvalue weighted by atomic mass is 79.9. The third-order valence-corrected chi connectivity index (χ3v) is 4.40. The smallest absolute Gasteiger partial charge is 0.0253 e. The Morgan fingerprint density at radius 1 is 0.526 bits per heavy atom. The van der Waals surface area contributed by atoms with Crippen LogP contribution in [0.1, 0.15) is 0 Å². The van der Waals surface area contributed by atoms with Crippen molar-refractivity contribution in [2.75, 3.05) is 0 Å². The van der Waals surface area contributed by atoms with Crippen molar-refractivity contribution in [1.82, 2.24) is 0 Å². The van der Waals surface area contributed by atoms with E-state index in [0.717, 1.165) is 4.47 Å². The molecule has 1 heteroatoms. The van der Waals surface area contributed by atoms with Gasteiger partial charge in [-0.25, -0.2) is 0 Å². The topological polar surface area (TPSA) is 0 Å². The molecule has 0 aliphatic rings. The molecule has 19 heavy (non-hydrogen) atoms. The van der Waals surface area contributed by atoms with Gasteiger partial charge in [0.1, 0.15) is 0 Å². The number of hydrogen-bond donors (Lipinski definition) is 0. The summed E-state index contributed by atoms with van der Waals surface area (Å²) in [7, 11) is 0. The molecule has 4 rings (SSSR count). The van der Waals surface area contributed by atoms with Gasteiger partial charge in [-0.05, 0) is 38.4 Å². The Hall–Kier alpha value is -1.86. The molecule has 4 aromatic rings. The average Bonchev–Trinajstić information content (AvgIpc) is 2.47. The van der Waals surface area contributed by atoms with E-state index < -0.39 is 0 Å². The van der Waals surface area contributed by atoms with Crippen LogP contribution < -0.4 is 0 Å². The molecule has 0 atom stereocenters. The first kappa shape index (κ1) is 11.0. The zero-order valence-corrected chi connectivity index (χ0v) is 11.8. The van der Waals surface area contributed by atoms with Crippen molar-refractivity contribution >= 4 is 48.2 Å². The summed E-state index contributed by atoms with van der Waals surface area (Å²) in [6.07, 6.45) is 0. The summed E-state index contributed by atoms with van der Waals surface area (Å²) in [5.41, 5.74) is 0. The van der Waals surface area contributed by atoms with Crippen molar-refractivity contribution in [2.24, 2.45) is 0 Å². The first-order chi connectivity index (χ1) is 9.34. The molecule has 0 aromatic heterocycles. The molecular weight excluding hydrogens is 296 g/mol. The number of rotatable bonds is 0. The lowest BCUT2D eigenvalue weighted by molar-refractivity contribution is 1.74. The Labute approximate surface area is 119 Å². The van der Waals surface area contributed by atoms with Gasteiger partial charge < -0.3 is 0 Å². The third kappa shape index (κ3) is 1.58. The second-order valence-electron chi connectivity index (χ2n) is 4.79. The second kappa shape index (κ2) is 4.07. The van der Waals surface area contributed by atoms with Crippen molar-refractivity contribution in [3.8, 4) is 0 Å². The maximum atomic E-state index is 3.65. The molecule has 0 heterocycles. The van der Waals surface area contributed by atoms with Crippen LogP contribution in [0.2, 0.25) is 0 Å². The largest absolute Gasteiger partial charge is 0.0616 e. The summed E-state index contributed by atoms with van der Waals surface area (Å²) in [6, 6.07) is 23.8. The highest BCUT2D eigenvalue weighted by molar-refractivity contribution is 9.10. The van der Waals surface area contributed by atoms with E-state index in [4.69, 9.17) is 0 Å². The van der Waals surface area contributed by atoms with Gasteiger partial charge in [0.15, 0.2) is 0 Å². The minimum Gasteiger partial charge on any atom is -0.0616 e. The molecular formula is C18H11Br. The van der Waals surface area contributed by atoms with E-state index in [1.165, 1.54) is 32.3 Å². The summed E-state index contributed by atoms with van der Waals surface area (Å²) in [6.45, 7) is 0. The van der Waals surface area contributed by atoms with E-state index in [1.54, 1.807) is 0 Å². The first-order valence-corrected chi connectivity index (χ1v) is 7.12. The van der Waals surface area contributed by atoms with Gasteiger partial charge >= 0.3 is 0 Å². The summed E-state index contributed by atoms with van der Waals surface area (Å²) < 4.78 is 1.15. The van der Waals surface area contributed by atoms with Crippen LogP contribution in [0.15, 0.2) is 71.2 Å². The van der Waals surface area contributed by atoms with Gasteiger partial charge in [0, 0.05) is 4.47 Å². The molecule has 0 radical (unpaired) electrons. The summed E-state index contributed by atoms with van der Waals surface area (Å²) in [5.74, 6) is 0. The van der Waals surface area contributed by atoms with Crippen molar-refractivity contribution in [1.29, 1.82) is 0 Å². The fourth-order valence-corrected chi connectivity index (χ4v) is 3.32. The van der Waals surface area contributed by atoms with Crippen LogP contribution in [-0.2, 0) is 0 Å². The molecule has 0 fully saturated rings. The zero-order valence-electron chi connectivity index (χ0n) is 10.2. The highest BCUT2D eigenvalue weighted by Gasteiger charge is 2.06. The van der Waals surface area contributed by atoms with E-state index in [9.17, 15) is 0 Å². The highest BCUT2D eigenvalue weighted by Crippen LogP contribution is 2.34. The van der Waals surface area contributed by atoms with Gasteiger partial charge in [0.2, 0.25) is 0 Å². The number of hydrogen-bond acceptors (Lipinski definition) is 0. The van der Waals surface area contributed by atoms with Crippen LogP contribution in [0.4, 0.5) is 0 Å². The van der Waals surface area contributed by atoms with E-state index in [2.05, 4.69) is 82.7 Å². The standard InChI is InChI=1S/C18H11Br/c19-17-7-3-6-16-15(17)11-10-13-9-8-12-4-1-2-5-14(12)18(13)16/h1-11H. The van der Waals surface area contributed by atoms with Gasteiger partial charge in [0.25, 0.3) is 0 Å². The second-order valence-corrected chi connectivity index (χ2v) is 5.64. The minimum atomic E-state index is 1.15. The Bertz CT molecular complexity index is 922. The normalized spacial score (nSPS) is 11.4. The summed E-state index contributed by atoms with van der Waals surface area (Å²) in [5, 5.41) is 7.84. The van der Waals surface area contributed by atoms with E-state index in [0.29, 0.717) is 0 Å². The molecule has 0 spiro atoms. The van der Waals surface area contributed by atoms with Crippen LogP contribution in [0.25, 0.3) is 32.3 Å². The third-order valence-electron chi connectivity index (χ3n) is 3.71. The average molecular weight is 307 g/mol. The molecule has 90 valence electrons. The van der Waals surface area contributed by atoms with E-state index >= 15 is 0 Å². The fraction of sp³-hybridized carbons (Fsp3) is 0. The van der Waals surface area contributed by atoms with Crippen molar-refractivity contribution in [3.63, 3.8) is 0 Å². The lowest BCUT2D eigenvalue weighted by Crippen LogP contribution is -1.81. The number of fused-ring (bicyclic) bond motifs is 5. The van der Waals surface area contributed by atoms with Crippen LogP contribution in [0, 0.1) is 0 Å². The summed E-state index contributed by atoms with van der Waals surface area (Å²) >= 11 is 3.65. The molecule has 0 unspecified atom stereocenters. The van der Waals surface area contributed by atoms with Crippen LogP contribution in [-0.4, -0.2) is 0 Å². The van der Waals surface area contributed by atoms with Gasteiger partial charge in [-0.1, -0.05) is 76.6 Å². The molecule has 0 aliphatic carbocycles. The Morgan fingerprint density at radius 3 is 2.21 bits per heavy atom. The monoisotopic (exact) mass is 306 g/mol. The van der Waals surface area contributed by atoms with Crippen molar-refractivity contribution in [2.45, 2.75) is 0 Å². The van der Waals surface area contributed by atoms with Crippen LogP contribution >= 0.6 is 15.9 Å². The molecule has 0 saturated carbocycles. The Morgan fingerprint density at radius 2 is 1.26 bits per heavy atom. The Balaban J connectivity index is 2.37. The fourth-order valence-electron chi connectivity index (χ4n) is 2.83.